The molecule has 0 bridgehead atoms. The van der Waals surface area contributed by atoms with Crippen molar-refractivity contribution >= 4 is 39.8 Å². The van der Waals surface area contributed by atoms with Crippen molar-refractivity contribution in [3.05, 3.63) is 102 Å². The van der Waals surface area contributed by atoms with Crippen molar-refractivity contribution in [1.29, 1.82) is 0 Å². The van der Waals surface area contributed by atoms with Crippen molar-refractivity contribution in [3.8, 4) is 11.5 Å². The third kappa shape index (κ3) is 5.33. The van der Waals surface area contributed by atoms with Crippen molar-refractivity contribution in [2.75, 3.05) is 13.2 Å². The molecule has 1 aliphatic rings. The smallest absolute Gasteiger partial charge is 0.293 e. The molecule has 0 aromatic heterocycles. The molecule has 0 unspecified atom stereocenters. The SMILES string of the molecule is C=CCc1cc(/C=C2/SC(=O)N(CC=C)C2=O)cc(OCC)c1OCc1cccc2ccccc12. The fraction of sp³-hybridized carbons (Fsp3) is 0.172. The zero-order chi connectivity index (χ0) is 24.8. The minimum atomic E-state index is -0.320. The maximum absolute atomic E-state index is 12.7. The van der Waals surface area contributed by atoms with E-state index in [2.05, 4.69) is 37.4 Å². The van der Waals surface area contributed by atoms with E-state index in [0.717, 1.165) is 39.2 Å². The van der Waals surface area contributed by atoms with E-state index in [9.17, 15) is 9.59 Å². The lowest BCUT2D eigenvalue weighted by atomic mass is 10.0. The highest BCUT2D eigenvalue weighted by molar-refractivity contribution is 8.18. The van der Waals surface area contributed by atoms with Crippen LogP contribution >= 0.6 is 11.8 Å². The van der Waals surface area contributed by atoms with Crippen LogP contribution in [0, 0.1) is 0 Å². The number of carbonyl (C=O) groups excluding carboxylic acids is 2. The van der Waals surface area contributed by atoms with Gasteiger partial charge in [-0.25, -0.2) is 0 Å². The van der Waals surface area contributed by atoms with Gasteiger partial charge in [0.05, 0.1) is 11.5 Å². The van der Waals surface area contributed by atoms with E-state index in [1.807, 2.05) is 37.3 Å². The first kappa shape index (κ1) is 24.4. The Bertz CT molecular complexity index is 1320. The van der Waals surface area contributed by atoms with Gasteiger partial charge in [0.15, 0.2) is 11.5 Å². The Morgan fingerprint density at radius 3 is 2.54 bits per heavy atom. The van der Waals surface area contributed by atoms with E-state index in [4.69, 9.17) is 9.47 Å². The number of rotatable bonds is 10. The predicted octanol–water partition coefficient (Wildman–Crippen LogP) is 6.77. The van der Waals surface area contributed by atoms with Gasteiger partial charge in [-0.3, -0.25) is 14.5 Å². The third-order valence-electron chi connectivity index (χ3n) is 5.55. The van der Waals surface area contributed by atoms with Crippen LogP contribution in [-0.2, 0) is 17.8 Å². The van der Waals surface area contributed by atoms with Crippen LogP contribution in [0.5, 0.6) is 11.5 Å². The second-order valence-electron chi connectivity index (χ2n) is 7.94. The Morgan fingerprint density at radius 1 is 0.971 bits per heavy atom. The van der Waals surface area contributed by atoms with Gasteiger partial charge < -0.3 is 9.47 Å². The number of benzene rings is 3. The van der Waals surface area contributed by atoms with E-state index < -0.39 is 0 Å². The summed E-state index contributed by atoms with van der Waals surface area (Å²) in [6, 6.07) is 18.2. The first-order chi connectivity index (χ1) is 17.0. The number of carbonyl (C=O) groups is 2. The molecule has 0 N–H and O–H groups in total. The largest absolute Gasteiger partial charge is 0.490 e. The number of ether oxygens (including phenoxy) is 2. The molecule has 1 heterocycles. The molecule has 5 nitrogen and oxygen atoms in total. The molecule has 1 aliphatic heterocycles. The average Bonchev–Trinajstić information content (AvgIpc) is 3.11. The molecular weight excluding hydrogens is 458 g/mol. The zero-order valence-electron chi connectivity index (χ0n) is 19.7. The summed E-state index contributed by atoms with van der Waals surface area (Å²) in [5, 5.41) is 2.00. The molecule has 6 heteroatoms. The monoisotopic (exact) mass is 485 g/mol. The minimum absolute atomic E-state index is 0.189. The van der Waals surface area contributed by atoms with Crippen LogP contribution in [0.3, 0.4) is 0 Å². The van der Waals surface area contributed by atoms with Gasteiger partial charge in [-0.1, -0.05) is 54.6 Å². The first-order valence-corrected chi connectivity index (χ1v) is 12.2. The normalized spacial score (nSPS) is 14.5. The maximum Gasteiger partial charge on any atom is 0.293 e. The average molecular weight is 486 g/mol. The molecule has 0 radical (unpaired) electrons. The number of imide groups is 1. The highest BCUT2D eigenvalue weighted by Gasteiger charge is 2.34. The minimum Gasteiger partial charge on any atom is -0.490 e. The van der Waals surface area contributed by atoms with Crippen LogP contribution in [0.15, 0.2) is 84.8 Å². The van der Waals surface area contributed by atoms with Crippen molar-refractivity contribution in [2.24, 2.45) is 0 Å². The number of thioether (sulfide) groups is 1. The summed E-state index contributed by atoms with van der Waals surface area (Å²) in [6.07, 6.45) is 5.62. The van der Waals surface area contributed by atoms with E-state index in [-0.39, 0.29) is 17.7 Å². The Kier molecular flexibility index (Phi) is 7.73. The highest BCUT2D eigenvalue weighted by Crippen LogP contribution is 2.38. The molecule has 0 spiro atoms. The lowest BCUT2D eigenvalue weighted by Gasteiger charge is -2.17. The van der Waals surface area contributed by atoms with Gasteiger partial charge in [0, 0.05) is 12.1 Å². The summed E-state index contributed by atoms with van der Waals surface area (Å²) in [5.74, 6) is 0.916. The lowest BCUT2D eigenvalue weighted by Crippen LogP contribution is -2.27. The summed E-state index contributed by atoms with van der Waals surface area (Å²) < 4.78 is 12.3. The summed E-state index contributed by atoms with van der Waals surface area (Å²) in [4.78, 5) is 26.4. The molecule has 178 valence electrons. The fourth-order valence-corrected chi connectivity index (χ4v) is 4.85. The van der Waals surface area contributed by atoms with Crippen LogP contribution in [0.2, 0.25) is 0 Å². The van der Waals surface area contributed by atoms with Crippen molar-refractivity contribution < 1.29 is 19.1 Å². The zero-order valence-corrected chi connectivity index (χ0v) is 20.5. The Labute approximate surface area is 209 Å². The third-order valence-corrected chi connectivity index (χ3v) is 6.46. The van der Waals surface area contributed by atoms with E-state index in [1.165, 1.54) is 11.0 Å². The van der Waals surface area contributed by atoms with E-state index in [1.54, 1.807) is 12.2 Å². The number of hydrogen-bond donors (Lipinski definition) is 0. The summed E-state index contributed by atoms with van der Waals surface area (Å²) in [7, 11) is 0. The van der Waals surface area contributed by atoms with Crippen molar-refractivity contribution in [1.82, 2.24) is 4.90 Å². The Balaban J connectivity index is 1.68. The number of fused-ring (bicyclic) bond motifs is 1. The Hall–Kier alpha value is -3.77. The molecule has 0 aliphatic carbocycles. The lowest BCUT2D eigenvalue weighted by molar-refractivity contribution is -0.122. The molecule has 0 atom stereocenters. The van der Waals surface area contributed by atoms with Crippen LogP contribution < -0.4 is 9.47 Å². The molecule has 4 rings (SSSR count). The topological polar surface area (TPSA) is 55.8 Å². The van der Waals surface area contributed by atoms with Gasteiger partial charge in [0.1, 0.15) is 6.61 Å². The fourth-order valence-electron chi connectivity index (χ4n) is 4.01. The molecule has 0 saturated carbocycles. The number of allylic oxidation sites excluding steroid dienone is 1. The molecule has 2 amide bonds. The molecular formula is C29H27NO4S. The quantitative estimate of drug-likeness (QED) is 0.234. The summed E-state index contributed by atoms with van der Waals surface area (Å²) >= 11 is 0.926. The van der Waals surface area contributed by atoms with Gasteiger partial charge in [-0.15, -0.1) is 13.2 Å². The summed E-state index contributed by atoms with van der Waals surface area (Å²) in [6.45, 7) is 10.4. The van der Waals surface area contributed by atoms with Gasteiger partial charge in [0.25, 0.3) is 11.1 Å². The van der Waals surface area contributed by atoms with Crippen LogP contribution in [-0.4, -0.2) is 29.2 Å². The van der Waals surface area contributed by atoms with Crippen molar-refractivity contribution in [3.63, 3.8) is 0 Å². The highest BCUT2D eigenvalue weighted by atomic mass is 32.2. The molecule has 35 heavy (non-hydrogen) atoms. The molecule has 1 saturated heterocycles. The van der Waals surface area contributed by atoms with Gasteiger partial charge in [-0.2, -0.15) is 0 Å². The molecule has 1 fully saturated rings. The predicted molar refractivity (Wildman–Crippen MR) is 143 cm³/mol. The van der Waals surface area contributed by atoms with Gasteiger partial charge >= 0.3 is 0 Å². The number of hydrogen-bond acceptors (Lipinski definition) is 5. The maximum atomic E-state index is 12.7. The number of amides is 2. The van der Waals surface area contributed by atoms with Crippen LogP contribution in [0.1, 0.15) is 23.6 Å². The molecule has 3 aromatic rings. The second-order valence-corrected chi connectivity index (χ2v) is 8.93. The standard InChI is InChI=1S/C29H27NO4S/c1-4-10-22-16-20(18-26-28(31)30(15-5-2)29(32)35-26)17-25(33-6-3)27(22)34-19-23-13-9-12-21-11-7-8-14-24(21)23/h4-5,7-9,11-14,16-18H,1-2,6,10,15,19H2,3H3/b26-18+. The second kappa shape index (κ2) is 11.1. The first-order valence-electron chi connectivity index (χ1n) is 11.4. The summed E-state index contributed by atoms with van der Waals surface area (Å²) in [5.41, 5.74) is 2.73. The van der Waals surface area contributed by atoms with Gasteiger partial charge in [0.2, 0.25) is 0 Å². The van der Waals surface area contributed by atoms with Crippen molar-refractivity contribution in [2.45, 2.75) is 20.0 Å². The Morgan fingerprint density at radius 2 is 1.77 bits per heavy atom. The van der Waals surface area contributed by atoms with E-state index in [0.29, 0.717) is 36.0 Å². The van der Waals surface area contributed by atoms with Crippen LogP contribution in [0.4, 0.5) is 4.79 Å². The van der Waals surface area contributed by atoms with E-state index >= 15 is 0 Å². The number of nitrogens with zero attached hydrogens (tertiary/aromatic N) is 1. The molecule has 3 aromatic carbocycles. The van der Waals surface area contributed by atoms with Gasteiger partial charge in [-0.05, 0) is 65.2 Å². The van der Waals surface area contributed by atoms with Crippen LogP contribution in [0.25, 0.3) is 16.8 Å².